The summed E-state index contributed by atoms with van der Waals surface area (Å²) in [7, 11) is 0. The second-order valence-corrected chi connectivity index (χ2v) is 7.62. The molecule has 0 bridgehead atoms. The summed E-state index contributed by atoms with van der Waals surface area (Å²) in [5.74, 6) is -2.25. The van der Waals surface area contributed by atoms with E-state index in [-0.39, 0.29) is 0 Å². The van der Waals surface area contributed by atoms with Crippen LogP contribution in [0.25, 0.3) is 0 Å². The normalized spacial score (nSPS) is 11.4. The number of rotatable bonds is 3. The van der Waals surface area contributed by atoms with Gasteiger partial charge >= 0.3 is 6.03 Å². The van der Waals surface area contributed by atoms with Gasteiger partial charge in [0.05, 0.1) is 0 Å². The smallest absolute Gasteiger partial charge is 0.314 e. The van der Waals surface area contributed by atoms with Crippen LogP contribution < -0.4 is 10.6 Å². The lowest BCUT2D eigenvalue weighted by atomic mass is 10.3. The number of para-hydroxylation sites is 1. The Morgan fingerprint density at radius 3 is 2.44 bits per heavy atom. The molecule has 0 aliphatic heterocycles. The number of hydrogen-bond donors (Lipinski definition) is 2. The molecule has 4 nitrogen and oxygen atoms in total. The number of hydrogen-bond acceptors (Lipinski definition) is 2. The molecule has 0 saturated carbocycles. The molecule has 2 N–H and O–H groups in total. The predicted molar refractivity (Wildman–Crippen MR) is 67.0 cm³/mol. The van der Waals surface area contributed by atoms with Gasteiger partial charge in [0.1, 0.15) is 0 Å². The van der Waals surface area contributed by atoms with Crippen molar-refractivity contribution in [1.29, 1.82) is 0 Å². The Morgan fingerprint density at radius 2 is 1.88 bits per heavy atom. The van der Waals surface area contributed by atoms with Gasteiger partial charge in [0.15, 0.2) is 0 Å². The fraction of sp³-hybridized carbons (Fsp3) is 0. The van der Waals surface area contributed by atoms with Crippen LogP contribution in [0.1, 0.15) is 0 Å². The van der Waals surface area contributed by atoms with Crippen molar-refractivity contribution in [1.82, 2.24) is 5.32 Å². The molecule has 0 fully saturated rings. The predicted octanol–water partition coefficient (Wildman–Crippen LogP) is 3.95. The van der Waals surface area contributed by atoms with Gasteiger partial charge < -0.3 is 10.6 Å². The SMILES string of the molecule is O=C(N/C=C/P(=O)(Cl)Cl)Nc1ccccc1. The van der Waals surface area contributed by atoms with Gasteiger partial charge in [0, 0.05) is 17.7 Å². The molecular formula is C9H9Cl2N2O2P. The zero-order chi connectivity index (χ0) is 12.0. The number of urea groups is 1. The van der Waals surface area contributed by atoms with E-state index in [1.165, 1.54) is 0 Å². The molecule has 1 aromatic carbocycles. The topological polar surface area (TPSA) is 58.2 Å². The monoisotopic (exact) mass is 278 g/mol. The molecular weight excluding hydrogens is 270 g/mol. The Bertz CT molecular complexity index is 430. The molecule has 7 heteroatoms. The number of anilines is 1. The average Bonchev–Trinajstić information content (AvgIpc) is 2.17. The Labute approximate surface area is 103 Å². The molecule has 0 radical (unpaired) electrons. The van der Waals surface area contributed by atoms with Gasteiger partial charge in [-0.1, -0.05) is 18.2 Å². The van der Waals surface area contributed by atoms with E-state index in [0.717, 1.165) is 12.0 Å². The molecule has 0 spiro atoms. The second-order valence-electron chi connectivity index (χ2n) is 2.78. The summed E-state index contributed by atoms with van der Waals surface area (Å²) in [6.07, 6.45) is 1.14. The summed E-state index contributed by atoms with van der Waals surface area (Å²) in [5.41, 5.74) is 0.647. The van der Waals surface area contributed by atoms with Crippen molar-refractivity contribution in [3.8, 4) is 0 Å². The van der Waals surface area contributed by atoms with Gasteiger partial charge in [-0.2, -0.15) is 0 Å². The molecule has 86 valence electrons. The molecule has 16 heavy (non-hydrogen) atoms. The van der Waals surface area contributed by atoms with E-state index >= 15 is 0 Å². The number of amides is 2. The summed E-state index contributed by atoms with van der Waals surface area (Å²) in [6, 6.07) is 8.41. The third kappa shape index (κ3) is 5.81. The molecule has 0 atom stereocenters. The Hall–Kier alpha value is -0.960. The molecule has 0 saturated heterocycles. The van der Waals surface area contributed by atoms with Gasteiger partial charge in [-0.05, 0) is 34.6 Å². The Kier molecular flexibility index (Phi) is 4.87. The summed E-state index contributed by atoms with van der Waals surface area (Å²) in [4.78, 5) is 11.2. The van der Waals surface area contributed by atoms with E-state index in [1.807, 2.05) is 6.07 Å². The first-order valence-corrected chi connectivity index (χ1v) is 7.85. The van der Waals surface area contributed by atoms with E-state index in [0.29, 0.717) is 5.69 Å². The van der Waals surface area contributed by atoms with Gasteiger partial charge in [-0.3, -0.25) is 4.57 Å². The van der Waals surface area contributed by atoms with Crippen molar-refractivity contribution in [2.75, 3.05) is 5.32 Å². The van der Waals surface area contributed by atoms with Gasteiger partial charge in [0.2, 0.25) is 0 Å². The highest BCUT2D eigenvalue weighted by molar-refractivity contribution is 8.10. The van der Waals surface area contributed by atoms with E-state index in [1.54, 1.807) is 24.3 Å². The van der Waals surface area contributed by atoms with Crippen molar-refractivity contribution < 1.29 is 9.36 Å². The minimum absolute atomic E-state index is 0.468. The maximum Gasteiger partial charge on any atom is 0.323 e. The van der Waals surface area contributed by atoms with Crippen LogP contribution in [0.2, 0.25) is 0 Å². The lowest BCUT2D eigenvalue weighted by Crippen LogP contribution is -2.23. The summed E-state index contributed by atoms with van der Waals surface area (Å²) >= 11 is 10.5. The van der Waals surface area contributed by atoms with Crippen LogP contribution in [-0.2, 0) is 4.57 Å². The van der Waals surface area contributed by atoms with Crippen molar-refractivity contribution in [3.05, 3.63) is 42.3 Å². The molecule has 1 rings (SSSR count). The first kappa shape index (κ1) is 13.1. The number of benzene rings is 1. The van der Waals surface area contributed by atoms with E-state index in [2.05, 4.69) is 10.6 Å². The standard InChI is InChI=1S/C9H9Cl2N2O2P/c10-16(11,15)7-6-12-9(14)13-8-4-2-1-3-5-8/h1-7H,(H2,12,13,14)/b7-6+. The summed E-state index contributed by atoms with van der Waals surface area (Å²) < 4.78 is 10.8. The summed E-state index contributed by atoms with van der Waals surface area (Å²) in [5, 5.41) is 4.87. The molecule has 2 amide bonds. The molecule has 0 unspecified atom stereocenters. The third-order valence-electron chi connectivity index (χ3n) is 1.49. The minimum atomic E-state index is -3.28. The highest BCUT2D eigenvalue weighted by Gasteiger charge is 2.06. The molecule has 0 aliphatic carbocycles. The van der Waals surface area contributed by atoms with Crippen LogP contribution in [-0.4, -0.2) is 6.03 Å². The Balaban J connectivity index is 2.44. The van der Waals surface area contributed by atoms with Crippen molar-refractivity contribution in [3.63, 3.8) is 0 Å². The largest absolute Gasteiger partial charge is 0.323 e. The fourth-order valence-electron chi connectivity index (χ4n) is 0.888. The molecule has 1 aromatic rings. The molecule has 0 aromatic heterocycles. The van der Waals surface area contributed by atoms with Gasteiger partial charge in [-0.25, -0.2) is 4.79 Å². The van der Waals surface area contributed by atoms with E-state index in [9.17, 15) is 9.36 Å². The number of carbonyl (C=O) groups excluding carboxylic acids is 1. The lowest BCUT2D eigenvalue weighted by molar-refractivity contribution is 0.255. The van der Waals surface area contributed by atoms with Crippen LogP contribution >= 0.6 is 28.3 Å². The maximum absolute atomic E-state index is 11.2. The third-order valence-corrected chi connectivity index (χ3v) is 2.67. The fourth-order valence-corrected chi connectivity index (χ4v) is 1.47. The first-order valence-electron chi connectivity index (χ1n) is 4.27. The number of carbonyl (C=O) groups is 1. The van der Waals surface area contributed by atoms with Crippen molar-refractivity contribution >= 4 is 40.0 Å². The van der Waals surface area contributed by atoms with Crippen LogP contribution in [0.4, 0.5) is 10.5 Å². The lowest BCUT2D eigenvalue weighted by Gasteiger charge is -2.03. The first-order chi connectivity index (χ1) is 7.47. The van der Waals surface area contributed by atoms with E-state index < -0.39 is 11.9 Å². The number of halogens is 2. The van der Waals surface area contributed by atoms with Gasteiger partial charge in [0.25, 0.3) is 5.85 Å². The van der Waals surface area contributed by atoms with Crippen molar-refractivity contribution in [2.45, 2.75) is 0 Å². The zero-order valence-electron chi connectivity index (χ0n) is 8.06. The van der Waals surface area contributed by atoms with E-state index in [4.69, 9.17) is 22.5 Å². The molecule has 0 aliphatic rings. The van der Waals surface area contributed by atoms with Crippen LogP contribution in [0.15, 0.2) is 42.3 Å². The summed E-state index contributed by atoms with van der Waals surface area (Å²) in [6.45, 7) is 0. The van der Waals surface area contributed by atoms with Crippen LogP contribution in [0, 0.1) is 0 Å². The van der Waals surface area contributed by atoms with Crippen LogP contribution in [0.3, 0.4) is 0 Å². The second kappa shape index (κ2) is 5.94. The molecule has 0 heterocycles. The average molecular weight is 279 g/mol. The highest BCUT2D eigenvalue weighted by atomic mass is 35.9. The Morgan fingerprint density at radius 1 is 1.25 bits per heavy atom. The quantitative estimate of drug-likeness (QED) is 0.823. The zero-order valence-corrected chi connectivity index (χ0v) is 10.5. The maximum atomic E-state index is 11.2. The highest BCUT2D eigenvalue weighted by Crippen LogP contribution is 2.57. The van der Waals surface area contributed by atoms with Crippen molar-refractivity contribution in [2.24, 2.45) is 0 Å². The van der Waals surface area contributed by atoms with Crippen LogP contribution in [0.5, 0.6) is 0 Å². The number of nitrogens with one attached hydrogen (secondary N) is 2. The minimum Gasteiger partial charge on any atom is -0.314 e. The van der Waals surface area contributed by atoms with Gasteiger partial charge in [-0.15, -0.1) is 0 Å².